The number of hydrogen-bond donors (Lipinski definition) is 1. The van der Waals surface area contributed by atoms with Crippen LogP contribution >= 0.6 is 0 Å². The first kappa shape index (κ1) is 15.0. The minimum absolute atomic E-state index is 0.304. The molecule has 1 aromatic rings. The number of hydrogen-bond acceptors (Lipinski definition) is 3. The Kier molecular flexibility index (Phi) is 4.32. The van der Waals surface area contributed by atoms with Gasteiger partial charge in [0.2, 0.25) is 0 Å². The van der Waals surface area contributed by atoms with Crippen molar-refractivity contribution in [3.63, 3.8) is 0 Å². The van der Waals surface area contributed by atoms with Gasteiger partial charge in [0, 0.05) is 37.4 Å². The molecule has 0 aromatic carbocycles. The highest BCUT2D eigenvalue weighted by Crippen LogP contribution is 2.42. The van der Waals surface area contributed by atoms with Gasteiger partial charge in [-0.15, -0.1) is 0 Å². The standard InChI is InChI=1S/C18H29N3/c1-4-14(2)17-11-20-18(3,15-8-9-15)13-21(17)12-16-7-5-6-10-19-16/h5-7,10,14-15,17,20H,4,8-9,11-13H2,1-3H3. The zero-order valence-electron chi connectivity index (χ0n) is 13.7. The topological polar surface area (TPSA) is 28.2 Å². The van der Waals surface area contributed by atoms with Crippen molar-refractivity contribution >= 4 is 0 Å². The molecule has 116 valence electrons. The zero-order chi connectivity index (χ0) is 14.9. The van der Waals surface area contributed by atoms with Crippen LogP contribution in [0.15, 0.2) is 24.4 Å². The van der Waals surface area contributed by atoms with Gasteiger partial charge in [0.15, 0.2) is 0 Å². The summed E-state index contributed by atoms with van der Waals surface area (Å²) >= 11 is 0. The van der Waals surface area contributed by atoms with Crippen molar-refractivity contribution in [2.75, 3.05) is 13.1 Å². The predicted octanol–water partition coefficient (Wildman–Crippen LogP) is 3.07. The summed E-state index contributed by atoms with van der Waals surface area (Å²) in [4.78, 5) is 7.22. The molecule has 2 aliphatic rings. The summed E-state index contributed by atoms with van der Waals surface area (Å²) in [5.74, 6) is 1.60. The van der Waals surface area contributed by atoms with Gasteiger partial charge in [0.25, 0.3) is 0 Å². The fourth-order valence-corrected chi connectivity index (χ4v) is 3.76. The van der Waals surface area contributed by atoms with Crippen molar-refractivity contribution < 1.29 is 0 Å². The van der Waals surface area contributed by atoms with Crippen LogP contribution < -0.4 is 5.32 Å². The molecule has 2 fully saturated rings. The van der Waals surface area contributed by atoms with Crippen molar-refractivity contribution in [2.45, 2.75) is 58.2 Å². The lowest BCUT2D eigenvalue weighted by molar-refractivity contribution is 0.0404. The second-order valence-electron chi connectivity index (χ2n) is 7.25. The molecule has 2 heterocycles. The largest absolute Gasteiger partial charge is 0.308 e. The highest BCUT2D eigenvalue weighted by atomic mass is 15.3. The Morgan fingerprint density at radius 3 is 2.86 bits per heavy atom. The first-order valence-electron chi connectivity index (χ1n) is 8.51. The Morgan fingerprint density at radius 1 is 1.43 bits per heavy atom. The molecule has 1 saturated carbocycles. The highest BCUT2D eigenvalue weighted by Gasteiger charge is 2.46. The van der Waals surface area contributed by atoms with Gasteiger partial charge in [-0.1, -0.05) is 26.3 Å². The predicted molar refractivity (Wildman–Crippen MR) is 87.0 cm³/mol. The number of aromatic nitrogens is 1. The second-order valence-corrected chi connectivity index (χ2v) is 7.25. The SMILES string of the molecule is CCC(C)C1CNC(C)(C2CC2)CN1Cc1ccccn1. The molecule has 3 atom stereocenters. The van der Waals surface area contributed by atoms with Gasteiger partial charge in [-0.2, -0.15) is 0 Å². The quantitative estimate of drug-likeness (QED) is 0.902. The third-order valence-corrected chi connectivity index (χ3v) is 5.59. The van der Waals surface area contributed by atoms with E-state index >= 15 is 0 Å². The molecule has 1 aromatic heterocycles. The Morgan fingerprint density at radius 2 is 2.24 bits per heavy atom. The first-order chi connectivity index (χ1) is 10.1. The summed E-state index contributed by atoms with van der Waals surface area (Å²) in [6.07, 6.45) is 5.95. The van der Waals surface area contributed by atoms with Crippen molar-refractivity contribution in [3.8, 4) is 0 Å². The molecule has 0 radical (unpaired) electrons. The van der Waals surface area contributed by atoms with Gasteiger partial charge >= 0.3 is 0 Å². The Hall–Kier alpha value is -0.930. The fourth-order valence-electron chi connectivity index (χ4n) is 3.76. The van der Waals surface area contributed by atoms with E-state index in [1.807, 2.05) is 12.3 Å². The minimum Gasteiger partial charge on any atom is -0.308 e. The van der Waals surface area contributed by atoms with Crippen LogP contribution in [0.5, 0.6) is 0 Å². The van der Waals surface area contributed by atoms with Gasteiger partial charge in [-0.25, -0.2) is 0 Å². The highest BCUT2D eigenvalue weighted by molar-refractivity contribution is 5.08. The van der Waals surface area contributed by atoms with Crippen molar-refractivity contribution in [1.82, 2.24) is 15.2 Å². The molecule has 0 amide bonds. The van der Waals surface area contributed by atoms with Gasteiger partial charge in [-0.3, -0.25) is 9.88 Å². The minimum atomic E-state index is 0.304. The third kappa shape index (κ3) is 3.29. The van der Waals surface area contributed by atoms with Gasteiger partial charge in [0.1, 0.15) is 0 Å². The normalized spacial score (nSPS) is 32.0. The molecule has 3 unspecified atom stereocenters. The average molecular weight is 287 g/mol. The molecule has 3 rings (SSSR count). The monoisotopic (exact) mass is 287 g/mol. The maximum atomic E-state index is 4.54. The molecular weight excluding hydrogens is 258 g/mol. The maximum Gasteiger partial charge on any atom is 0.0544 e. The van der Waals surface area contributed by atoms with Crippen molar-refractivity contribution in [3.05, 3.63) is 30.1 Å². The molecule has 1 aliphatic heterocycles. The summed E-state index contributed by atoms with van der Waals surface area (Å²) in [6.45, 7) is 10.4. The first-order valence-corrected chi connectivity index (χ1v) is 8.51. The van der Waals surface area contributed by atoms with E-state index in [1.54, 1.807) is 0 Å². The molecule has 1 saturated heterocycles. The number of piperazine rings is 1. The van der Waals surface area contributed by atoms with Crippen LogP contribution in [0.4, 0.5) is 0 Å². The lowest BCUT2D eigenvalue weighted by Crippen LogP contribution is -2.65. The van der Waals surface area contributed by atoms with E-state index in [0.717, 1.165) is 31.5 Å². The second kappa shape index (κ2) is 6.05. The smallest absolute Gasteiger partial charge is 0.0544 e. The summed E-state index contributed by atoms with van der Waals surface area (Å²) < 4.78 is 0. The summed E-state index contributed by atoms with van der Waals surface area (Å²) in [5, 5.41) is 3.88. The summed E-state index contributed by atoms with van der Waals surface area (Å²) in [7, 11) is 0. The van der Waals surface area contributed by atoms with Crippen molar-refractivity contribution in [1.29, 1.82) is 0 Å². The van der Waals surface area contributed by atoms with E-state index in [0.29, 0.717) is 11.6 Å². The van der Waals surface area contributed by atoms with Crippen LogP contribution in [-0.2, 0) is 6.54 Å². The van der Waals surface area contributed by atoms with Crippen LogP contribution in [0, 0.1) is 11.8 Å². The summed E-state index contributed by atoms with van der Waals surface area (Å²) in [5.41, 5.74) is 1.50. The van der Waals surface area contributed by atoms with Crippen LogP contribution in [0.2, 0.25) is 0 Å². The van der Waals surface area contributed by atoms with E-state index < -0.39 is 0 Å². The lowest BCUT2D eigenvalue weighted by atomic mass is 9.86. The van der Waals surface area contributed by atoms with E-state index in [9.17, 15) is 0 Å². The van der Waals surface area contributed by atoms with Gasteiger partial charge in [0.05, 0.1) is 5.69 Å². The van der Waals surface area contributed by atoms with Gasteiger partial charge in [-0.05, 0) is 43.7 Å². The van der Waals surface area contributed by atoms with E-state index in [4.69, 9.17) is 0 Å². The van der Waals surface area contributed by atoms with E-state index in [-0.39, 0.29) is 0 Å². The third-order valence-electron chi connectivity index (χ3n) is 5.59. The molecule has 0 spiro atoms. The molecule has 0 bridgehead atoms. The molecule has 1 N–H and O–H groups in total. The Labute approximate surface area is 129 Å². The van der Waals surface area contributed by atoms with E-state index in [1.165, 1.54) is 25.0 Å². The number of pyridine rings is 1. The molecule has 3 heteroatoms. The zero-order valence-corrected chi connectivity index (χ0v) is 13.7. The summed E-state index contributed by atoms with van der Waals surface area (Å²) in [6, 6.07) is 6.89. The van der Waals surface area contributed by atoms with Gasteiger partial charge < -0.3 is 5.32 Å². The number of nitrogens with zero attached hydrogens (tertiary/aromatic N) is 2. The average Bonchev–Trinajstić information content (AvgIpc) is 3.33. The molecule has 3 nitrogen and oxygen atoms in total. The molecule has 21 heavy (non-hydrogen) atoms. The molecular formula is C18H29N3. The van der Waals surface area contributed by atoms with Crippen LogP contribution in [0.25, 0.3) is 0 Å². The fraction of sp³-hybridized carbons (Fsp3) is 0.722. The number of nitrogens with one attached hydrogen (secondary N) is 1. The lowest BCUT2D eigenvalue weighted by Gasteiger charge is -2.48. The number of rotatable bonds is 5. The Bertz CT molecular complexity index is 457. The molecule has 1 aliphatic carbocycles. The van der Waals surface area contributed by atoms with Crippen LogP contribution in [-0.4, -0.2) is 34.6 Å². The Balaban J connectivity index is 1.75. The van der Waals surface area contributed by atoms with Crippen LogP contribution in [0.1, 0.15) is 45.7 Å². The van der Waals surface area contributed by atoms with Crippen LogP contribution in [0.3, 0.4) is 0 Å². The van der Waals surface area contributed by atoms with Crippen molar-refractivity contribution in [2.24, 2.45) is 11.8 Å². The maximum absolute atomic E-state index is 4.54. The van der Waals surface area contributed by atoms with E-state index in [2.05, 4.69) is 48.1 Å².